The van der Waals surface area contributed by atoms with Gasteiger partial charge in [0, 0.05) is 4.83 Å². The topological polar surface area (TPSA) is 26.3 Å². The maximum Gasteiger partial charge on any atom is 0.306 e. The van der Waals surface area contributed by atoms with Gasteiger partial charge in [-0.05, 0) is 6.42 Å². The lowest BCUT2D eigenvalue weighted by Gasteiger charge is -2.03. The van der Waals surface area contributed by atoms with Crippen LogP contribution in [0.2, 0.25) is 0 Å². The minimum atomic E-state index is -0.119. The smallest absolute Gasteiger partial charge is 0.306 e. The molecule has 0 heterocycles. The standard InChI is InChI=1S/C7H13BrO2/c1-3-4-10-7(9)5-6(2)8/h6H,3-5H2,1-2H3. The van der Waals surface area contributed by atoms with Crippen molar-refractivity contribution < 1.29 is 9.53 Å². The summed E-state index contributed by atoms with van der Waals surface area (Å²) in [6, 6.07) is 0. The van der Waals surface area contributed by atoms with Crippen LogP contribution in [-0.4, -0.2) is 17.4 Å². The van der Waals surface area contributed by atoms with E-state index in [2.05, 4.69) is 15.9 Å². The molecule has 0 aromatic rings. The van der Waals surface area contributed by atoms with Crippen LogP contribution in [0.25, 0.3) is 0 Å². The number of ether oxygens (including phenoxy) is 1. The Bertz CT molecular complexity index is 102. The minimum Gasteiger partial charge on any atom is -0.466 e. The number of carbonyl (C=O) groups is 1. The number of hydrogen-bond donors (Lipinski definition) is 0. The van der Waals surface area contributed by atoms with Crippen LogP contribution in [0.4, 0.5) is 0 Å². The Morgan fingerprint density at radius 1 is 1.70 bits per heavy atom. The molecule has 0 aromatic carbocycles. The SMILES string of the molecule is CCCOC(=O)CC(C)Br. The van der Waals surface area contributed by atoms with Crippen LogP contribution >= 0.6 is 15.9 Å². The summed E-state index contributed by atoms with van der Waals surface area (Å²) in [7, 11) is 0. The molecule has 0 saturated carbocycles. The summed E-state index contributed by atoms with van der Waals surface area (Å²) in [4.78, 5) is 11.0. The molecule has 60 valence electrons. The first-order valence-corrected chi connectivity index (χ1v) is 4.38. The molecule has 0 rings (SSSR count). The monoisotopic (exact) mass is 208 g/mol. The Morgan fingerprint density at radius 2 is 2.30 bits per heavy atom. The predicted octanol–water partition coefficient (Wildman–Crippen LogP) is 2.11. The van der Waals surface area contributed by atoms with Gasteiger partial charge in [0.05, 0.1) is 13.0 Å². The fourth-order valence-corrected chi connectivity index (χ4v) is 0.769. The van der Waals surface area contributed by atoms with Gasteiger partial charge in [0.1, 0.15) is 0 Å². The number of rotatable bonds is 4. The van der Waals surface area contributed by atoms with E-state index in [4.69, 9.17) is 4.74 Å². The van der Waals surface area contributed by atoms with Gasteiger partial charge >= 0.3 is 5.97 Å². The molecule has 0 amide bonds. The van der Waals surface area contributed by atoms with E-state index in [1.165, 1.54) is 0 Å². The van der Waals surface area contributed by atoms with Crippen molar-refractivity contribution in [3.63, 3.8) is 0 Å². The Morgan fingerprint density at radius 3 is 2.70 bits per heavy atom. The lowest BCUT2D eigenvalue weighted by Crippen LogP contribution is -2.09. The molecular weight excluding hydrogens is 196 g/mol. The molecule has 10 heavy (non-hydrogen) atoms. The predicted molar refractivity (Wildman–Crippen MR) is 44.3 cm³/mol. The Labute approximate surface area is 70.1 Å². The molecule has 1 atom stereocenters. The third kappa shape index (κ3) is 6.08. The van der Waals surface area contributed by atoms with Gasteiger partial charge < -0.3 is 4.74 Å². The number of esters is 1. The average molecular weight is 209 g/mol. The van der Waals surface area contributed by atoms with Crippen LogP contribution < -0.4 is 0 Å². The first-order valence-electron chi connectivity index (χ1n) is 3.46. The Kier molecular flexibility index (Phi) is 5.69. The highest BCUT2D eigenvalue weighted by molar-refractivity contribution is 9.09. The van der Waals surface area contributed by atoms with Crippen molar-refractivity contribution in [2.24, 2.45) is 0 Å². The number of alkyl halides is 1. The molecule has 1 unspecified atom stereocenters. The summed E-state index contributed by atoms with van der Waals surface area (Å²) in [6.07, 6.45) is 1.35. The molecule has 0 aromatic heterocycles. The summed E-state index contributed by atoms with van der Waals surface area (Å²) in [6.45, 7) is 4.44. The van der Waals surface area contributed by atoms with E-state index in [0.717, 1.165) is 6.42 Å². The van der Waals surface area contributed by atoms with Gasteiger partial charge in [-0.15, -0.1) is 0 Å². The van der Waals surface area contributed by atoms with E-state index in [-0.39, 0.29) is 10.8 Å². The maximum atomic E-state index is 10.8. The van der Waals surface area contributed by atoms with Crippen molar-refractivity contribution >= 4 is 21.9 Å². The summed E-state index contributed by atoms with van der Waals surface area (Å²) in [5, 5.41) is 0. The zero-order valence-corrected chi connectivity index (χ0v) is 7.98. The van der Waals surface area contributed by atoms with Crippen LogP contribution in [0.3, 0.4) is 0 Å². The second-order valence-corrected chi connectivity index (χ2v) is 3.77. The highest BCUT2D eigenvalue weighted by atomic mass is 79.9. The number of halogens is 1. The molecule has 0 aliphatic carbocycles. The molecule has 0 fully saturated rings. The molecule has 2 nitrogen and oxygen atoms in total. The minimum absolute atomic E-state index is 0.119. The van der Waals surface area contributed by atoms with Crippen molar-refractivity contribution in [1.29, 1.82) is 0 Å². The van der Waals surface area contributed by atoms with Crippen molar-refractivity contribution in [1.82, 2.24) is 0 Å². The molecule has 0 bridgehead atoms. The molecule has 0 saturated heterocycles. The van der Waals surface area contributed by atoms with Gasteiger partial charge in [-0.2, -0.15) is 0 Å². The van der Waals surface area contributed by atoms with Crippen molar-refractivity contribution in [2.45, 2.75) is 31.5 Å². The third-order valence-corrected chi connectivity index (χ3v) is 1.24. The van der Waals surface area contributed by atoms with E-state index in [1.54, 1.807) is 0 Å². The van der Waals surface area contributed by atoms with E-state index in [1.807, 2.05) is 13.8 Å². The highest BCUT2D eigenvalue weighted by Crippen LogP contribution is 2.03. The van der Waals surface area contributed by atoms with E-state index in [0.29, 0.717) is 13.0 Å². The zero-order valence-electron chi connectivity index (χ0n) is 6.39. The normalized spacial score (nSPS) is 12.7. The second-order valence-electron chi connectivity index (χ2n) is 2.21. The highest BCUT2D eigenvalue weighted by Gasteiger charge is 2.05. The number of carbonyl (C=O) groups excluding carboxylic acids is 1. The van der Waals surface area contributed by atoms with Crippen molar-refractivity contribution in [3.05, 3.63) is 0 Å². The summed E-state index contributed by atoms with van der Waals surface area (Å²) >= 11 is 3.27. The van der Waals surface area contributed by atoms with Crippen molar-refractivity contribution in [2.75, 3.05) is 6.61 Å². The van der Waals surface area contributed by atoms with E-state index < -0.39 is 0 Å². The fourth-order valence-electron chi connectivity index (χ4n) is 0.504. The summed E-state index contributed by atoms with van der Waals surface area (Å²) < 4.78 is 4.83. The molecule has 0 aliphatic rings. The van der Waals surface area contributed by atoms with Crippen LogP contribution in [0.15, 0.2) is 0 Å². The largest absolute Gasteiger partial charge is 0.466 e. The van der Waals surface area contributed by atoms with Gasteiger partial charge in [-0.3, -0.25) is 4.79 Å². The second kappa shape index (κ2) is 5.71. The third-order valence-electron chi connectivity index (χ3n) is 0.915. The molecular formula is C7H13BrO2. The quantitative estimate of drug-likeness (QED) is 0.523. The summed E-state index contributed by atoms with van der Waals surface area (Å²) in [5.41, 5.74) is 0. The first-order chi connectivity index (χ1) is 4.66. The van der Waals surface area contributed by atoms with Gasteiger partial charge in [-0.1, -0.05) is 29.8 Å². The van der Waals surface area contributed by atoms with Gasteiger partial charge in [-0.25, -0.2) is 0 Å². The Balaban J connectivity index is 3.26. The average Bonchev–Trinajstić information content (AvgIpc) is 1.82. The lowest BCUT2D eigenvalue weighted by atomic mass is 10.3. The molecule has 0 aliphatic heterocycles. The number of hydrogen-bond acceptors (Lipinski definition) is 2. The van der Waals surface area contributed by atoms with Crippen LogP contribution in [0, 0.1) is 0 Å². The maximum absolute atomic E-state index is 10.8. The molecule has 0 spiro atoms. The van der Waals surface area contributed by atoms with Crippen LogP contribution in [0.1, 0.15) is 26.7 Å². The van der Waals surface area contributed by atoms with Crippen LogP contribution in [0.5, 0.6) is 0 Å². The molecule has 3 heteroatoms. The van der Waals surface area contributed by atoms with Gasteiger partial charge in [0.15, 0.2) is 0 Å². The molecule has 0 N–H and O–H groups in total. The fraction of sp³-hybridized carbons (Fsp3) is 0.857. The van der Waals surface area contributed by atoms with Gasteiger partial charge in [0.2, 0.25) is 0 Å². The van der Waals surface area contributed by atoms with E-state index >= 15 is 0 Å². The first kappa shape index (κ1) is 9.95. The lowest BCUT2D eigenvalue weighted by molar-refractivity contribution is -0.143. The van der Waals surface area contributed by atoms with Crippen molar-refractivity contribution in [3.8, 4) is 0 Å². The van der Waals surface area contributed by atoms with E-state index in [9.17, 15) is 4.79 Å². The Hall–Kier alpha value is -0.0500. The summed E-state index contributed by atoms with van der Waals surface area (Å²) in [5.74, 6) is -0.119. The van der Waals surface area contributed by atoms with Gasteiger partial charge in [0.25, 0.3) is 0 Å². The van der Waals surface area contributed by atoms with Crippen LogP contribution in [-0.2, 0) is 9.53 Å². The molecule has 0 radical (unpaired) electrons. The zero-order chi connectivity index (χ0) is 7.98.